The summed E-state index contributed by atoms with van der Waals surface area (Å²) >= 11 is 0. The summed E-state index contributed by atoms with van der Waals surface area (Å²) < 4.78 is 4.50. The van der Waals surface area contributed by atoms with Crippen molar-refractivity contribution in [3.8, 4) is 0 Å². The lowest BCUT2D eigenvalue weighted by Crippen LogP contribution is -2.17. The highest BCUT2D eigenvalue weighted by atomic mass is 17.2. The Morgan fingerprint density at radius 1 is 1.46 bits per heavy atom. The topological polar surface area (TPSA) is 44.8 Å². The van der Waals surface area contributed by atoms with E-state index in [4.69, 9.17) is 4.89 Å². The lowest BCUT2D eigenvalue weighted by Gasteiger charge is -2.15. The molecule has 0 saturated carbocycles. The molecule has 0 saturated heterocycles. The van der Waals surface area contributed by atoms with Gasteiger partial charge in [0.1, 0.15) is 11.9 Å². The Balaban J connectivity index is 3.58. The molecule has 0 spiro atoms. The van der Waals surface area contributed by atoms with Gasteiger partial charge in [0.15, 0.2) is 0 Å². The summed E-state index contributed by atoms with van der Waals surface area (Å²) in [7, 11) is 0. The SMILES string of the molecule is [CH2]COC(=O)C=COOC(C)(C)C. The highest BCUT2D eigenvalue weighted by Gasteiger charge is 2.10. The second-order valence-electron chi connectivity index (χ2n) is 3.26. The minimum Gasteiger partial charge on any atom is -0.462 e. The van der Waals surface area contributed by atoms with E-state index >= 15 is 0 Å². The van der Waals surface area contributed by atoms with Gasteiger partial charge < -0.3 is 9.62 Å². The molecule has 0 heterocycles. The van der Waals surface area contributed by atoms with Crippen molar-refractivity contribution in [3.05, 3.63) is 19.3 Å². The van der Waals surface area contributed by atoms with Crippen LogP contribution in [0.25, 0.3) is 0 Å². The van der Waals surface area contributed by atoms with Crippen LogP contribution in [-0.2, 0) is 19.3 Å². The second-order valence-corrected chi connectivity index (χ2v) is 3.26. The van der Waals surface area contributed by atoms with E-state index in [-0.39, 0.29) is 6.61 Å². The Kier molecular flexibility index (Phi) is 5.14. The molecule has 0 aromatic carbocycles. The molecule has 0 aromatic rings. The van der Waals surface area contributed by atoms with Crippen LogP contribution >= 0.6 is 0 Å². The van der Waals surface area contributed by atoms with E-state index in [0.29, 0.717) is 0 Å². The summed E-state index contributed by atoms with van der Waals surface area (Å²) in [6.45, 7) is 8.93. The molecule has 0 aliphatic carbocycles. The average Bonchev–Trinajstić information content (AvgIpc) is 1.97. The summed E-state index contributed by atoms with van der Waals surface area (Å²) in [5, 5.41) is 0. The van der Waals surface area contributed by atoms with Gasteiger partial charge >= 0.3 is 5.97 Å². The first kappa shape index (κ1) is 12.0. The zero-order chi connectivity index (χ0) is 10.3. The van der Waals surface area contributed by atoms with Gasteiger partial charge in [-0.15, -0.1) is 0 Å². The van der Waals surface area contributed by atoms with Crippen LogP contribution < -0.4 is 0 Å². The minimum atomic E-state index is -0.507. The van der Waals surface area contributed by atoms with Gasteiger partial charge in [-0.3, -0.25) is 0 Å². The Morgan fingerprint density at radius 3 is 2.54 bits per heavy atom. The van der Waals surface area contributed by atoms with Crippen molar-refractivity contribution in [1.82, 2.24) is 0 Å². The van der Waals surface area contributed by atoms with Gasteiger partial charge in [0.25, 0.3) is 0 Å². The summed E-state index contributed by atoms with van der Waals surface area (Å²) in [5.41, 5.74) is -0.402. The predicted octanol–water partition coefficient (Wildman–Crippen LogP) is 1.62. The fourth-order valence-electron chi connectivity index (χ4n) is 0.404. The molecule has 0 fully saturated rings. The number of ether oxygens (including phenoxy) is 1. The molecule has 4 nitrogen and oxygen atoms in total. The van der Waals surface area contributed by atoms with E-state index in [1.165, 1.54) is 0 Å². The van der Waals surface area contributed by atoms with Crippen molar-refractivity contribution in [2.75, 3.05) is 6.61 Å². The van der Waals surface area contributed by atoms with E-state index in [9.17, 15) is 4.79 Å². The van der Waals surface area contributed by atoms with Gasteiger partial charge in [0, 0.05) is 0 Å². The Bertz CT molecular complexity index is 179. The number of carbonyl (C=O) groups excluding carboxylic acids is 1. The fraction of sp³-hybridized carbons (Fsp3) is 0.556. The molecule has 0 aliphatic heterocycles. The minimum absolute atomic E-state index is 0.100. The van der Waals surface area contributed by atoms with Crippen LogP contribution in [0.5, 0.6) is 0 Å². The van der Waals surface area contributed by atoms with Crippen molar-refractivity contribution in [3.63, 3.8) is 0 Å². The molecule has 0 bridgehead atoms. The van der Waals surface area contributed by atoms with E-state index in [1.54, 1.807) is 0 Å². The van der Waals surface area contributed by atoms with Crippen molar-refractivity contribution >= 4 is 5.97 Å². The Hall–Kier alpha value is -1.03. The van der Waals surface area contributed by atoms with E-state index in [2.05, 4.69) is 16.5 Å². The maximum atomic E-state index is 10.7. The number of esters is 1. The molecule has 0 rings (SSSR count). The number of hydrogen-bond acceptors (Lipinski definition) is 4. The molecule has 0 atom stereocenters. The zero-order valence-electron chi connectivity index (χ0n) is 8.20. The van der Waals surface area contributed by atoms with E-state index < -0.39 is 11.6 Å². The summed E-state index contributed by atoms with van der Waals surface area (Å²) in [5.74, 6) is -0.507. The van der Waals surface area contributed by atoms with Crippen LogP contribution in [-0.4, -0.2) is 18.2 Å². The largest absolute Gasteiger partial charge is 0.462 e. The van der Waals surface area contributed by atoms with Crippen LogP contribution in [0.2, 0.25) is 0 Å². The normalized spacial score (nSPS) is 11.7. The van der Waals surface area contributed by atoms with Gasteiger partial charge in [-0.05, 0) is 27.7 Å². The first-order valence-corrected chi connectivity index (χ1v) is 3.93. The monoisotopic (exact) mass is 187 g/mol. The molecule has 1 radical (unpaired) electrons. The van der Waals surface area contributed by atoms with Crippen LogP contribution in [0.3, 0.4) is 0 Å². The molecule has 0 aromatic heterocycles. The molecule has 0 amide bonds. The maximum Gasteiger partial charge on any atom is 0.334 e. The quantitative estimate of drug-likeness (QED) is 0.220. The van der Waals surface area contributed by atoms with Crippen LogP contribution in [0.15, 0.2) is 12.3 Å². The number of hydrogen-bond donors (Lipinski definition) is 0. The summed E-state index contributed by atoms with van der Waals surface area (Å²) in [4.78, 5) is 20.1. The average molecular weight is 187 g/mol. The van der Waals surface area contributed by atoms with Gasteiger partial charge in [-0.25, -0.2) is 4.79 Å². The van der Waals surface area contributed by atoms with E-state index in [0.717, 1.165) is 12.3 Å². The molecule has 4 heteroatoms. The van der Waals surface area contributed by atoms with Crippen molar-refractivity contribution in [2.24, 2.45) is 0 Å². The lowest BCUT2D eigenvalue weighted by atomic mass is 10.2. The third kappa shape index (κ3) is 8.88. The van der Waals surface area contributed by atoms with Crippen LogP contribution in [0.1, 0.15) is 20.8 Å². The fourth-order valence-corrected chi connectivity index (χ4v) is 0.404. The van der Waals surface area contributed by atoms with Crippen molar-refractivity contribution in [1.29, 1.82) is 0 Å². The maximum absolute atomic E-state index is 10.7. The first-order chi connectivity index (χ1) is 5.95. The molecule has 0 N–H and O–H groups in total. The molecule has 13 heavy (non-hydrogen) atoms. The van der Waals surface area contributed by atoms with Crippen molar-refractivity contribution < 1.29 is 19.3 Å². The van der Waals surface area contributed by atoms with Gasteiger partial charge in [0.05, 0.1) is 12.7 Å². The standard InChI is InChI=1S/C9H15O4/c1-5-11-8(10)6-7-12-13-9(2,3)4/h6-7H,1,5H2,2-4H3. The van der Waals surface area contributed by atoms with Gasteiger partial charge in [-0.1, -0.05) is 0 Å². The van der Waals surface area contributed by atoms with Crippen molar-refractivity contribution in [2.45, 2.75) is 26.4 Å². The first-order valence-electron chi connectivity index (χ1n) is 3.93. The molecule has 0 aliphatic rings. The highest BCUT2D eigenvalue weighted by Crippen LogP contribution is 2.06. The number of rotatable bonds is 4. The number of carbonyl (C=O) groups is 1. The summed E-state index contributed by atoms with van der Waals surface area (Å²) in [6.07, 6.45) is 2.25. The Morgan fingerprint density at radius 2 is 2.08 bits per heavy atom. The third-order valence-electron chi connectivity index (χ3n) is 0.802. The van der Waals surface area contributed by atoms with Gasteiger partial charge in [-0.2, -0.15) is 4.89 Å². The van der Waals surface area contributed by atoms with Gasteiger partial charge in [0.2, 0.25) is 0 Å². The predicted molar refractivity (Wildman–Crippen MR) is 47.4 cm³/mol. The molecule has 75 valence electrons. The van der Waals surface area contributed by atoms with E-state index in [1.807, 2.05) is 20.8 Å². The lowest BCUT2D eigenvalue weighted by molar-refractivity contribution is -0.310. The molecule has 0 unspecified atom stereocenters. The molecular weight excluding hydrogens is 172 g/mol. The second kappa shape index (κ2) is 5.59. The summed E-state index contributed by atoms with van der Waals surface area (Å²) in [6, 6.07) is 0. The molecular formula is C9H15O4. The zero-order valence-corrected chi connectivity index (χ0v) is 8.20. The third-order valence-corrected chi connectivity index (χ3v) is 0.802. The highest BCUT2D eigenvalue weighted by molar-refractivity contribution is 5.81. The van der Waals surface area contributed by atoms with Crippen LogP contribution in [0.4, 0.5) is 0 Å². The Labute approximate surface area is 78.4 Å². The van der Waals surface area contributed by atoms with Crippen LogP contribution in [0, 0.1) is 6.92 Å². The smallest absolute Gasteiger partial charge is 0.334 e.